The minimum Gasteiger partial charge on any atom is -0.264 e. The molecule has 21 heavy (non-hydrogen) atoms. The third-order valence-corrected chi connectivity index (χ3v) is 2.98. The molecule has 0 aliphatic rings. The maximum atomic E-state index is 13.0. The van der Waals surface area contributed by atoms with Crippen LogP contribution in [-0.2, 0) is 12.4 Å². The van der Waals surface area contributed by atoms with Crippen LogP contribution in [0, 0.1) is 6.92 Å². The average molecular weight is 305 g/mol. The maximum absolute atomic E-state index is 13.0. The van der Waals surface area contributed by atoms with E-state index in [1.54, 1.807) is 6.92 Å². The number of hydrogen-bond donors (Lipinski definition) is 0. The summed E-state index contributed by atoms with van der Waals surface area (Å²) in [5.74, 6) is 0. The van der Waals surface area contributed by atoms with Gasteiger partial charge in [-0.05, 0) is 36.2 Å². The van der Waals surface area contributed by atoms with Gasteiger partial charge >= 0.3 is 12.4 Å². The molecule has 0 N–H and O–H groups in total. The highest BCUT2D eigenvalue weighted by Gasteiger charge is 2.38. The van der Waals surface area contributed by atoms with Crippen LogP contribution in [0.4, 0.5) is 26.3 Å². The molecule has 1 aromatic carbocycles. The molecule has 0 radical (unpaired) electrons. The molecule has 0 saturated heterocycles. The topological polar surface area (TPSA) is 12.9 Å². The summed E-state index contributed by atoms with van der Waals surface area (Å²) in [6, 6.07) is 3.08. The van der Waals surface area contributed by atoms with Crippen molar-refractivity contribution in [1.82, 2.24) is 4.98 Å². The molecule has 1 nitrogen and oxygen atoms in total. The van der Waals surface area contributed by atoms with Crippen molar-refractivity contribution in [3.63, 3.8) is 0 Å². The number of hydrogen-bond acceptors (Lipinski definition) is 1. The fourth-order valence-corrected chi connectivity index (χ4v) is 1.94. The third-order valence-electron chi connectivity index (χ3n) is 2.98. The van der Waals surface area contributed by atoms with Crippen LogP contribution >= 0.6 is 0 Å². The number of aryl methyl sites for hydroxylation is 1. The maximum Gasteiger partial charge on any atom is 0.417 e. The molecule has 0 unspecified atom stereocenters. The predicted molar refractivity (Wildman–Crippen MR) is 64.4 cm³/mol. The van der Waals surface area contributed by atoms with Crippen molar-refractivity contribution in [2.24, 2.45) is 0 Å². The molecule has 0 amide bonds. The average Bonchev–Trinajstić information content (AvgIpc) is 2.36. The van der Waals surface area contributed by atoms with E-state index in [1.165, 1.54) is 18.5 Å². The highest BCUT2D eigenvalue weighted by Crippen LogP contribution is 2.41. The molecule has 0 aliphatic carbocycles. The smallest absolute Gasteiger partial charge is 0.264 e. The Hall–Kier alpha value is -2.05. The van der Waals surface area contributed by atoms with Gasteiger partial charge in [0.1, 0.15) is 0 Å². The molecule has 0 bridgehead atoms. The van der Waals surface area contributed by atoms with Crippen molar-refractivity contribution in [2.45, 2.75) is 19.3 Å². The first-order chi connectivity index (χ1) is 9.60. The summed E-state index contributed by atoms with van der Waals surface area (Å²) >= 11 is 0. The van der Waals surface area contributed by atoms with Crippen molar-refractivity contribution < 1.29 is 26.3 Å². The van der Waals surface area contributed by atoms with Crippen LogP contribution in [-0.4, -0.2) is 4.98 Å². The highest BCUT2D eigenvalue weighted by atomic mass is 19.4. The van der Waals surface area contributed by atoms with Crippen LogP contribution in [0.2, 0.25) is 0 Å². The van der Waals surface area contributed by atoms with E-state index in [2.05, 4.69) is 4.98 Å². The Morgan fingerprint density at radius 3 is 2.05 bits per heavy atom. The zero-order valence-electron chi connectivity index (χ0n) is 10.7. The molecule has 7 heteroatoms. The van der Waals surface area contributed by atoms with Crippen molar-refractivity contribution in [3.8, 4) is 11.1 Å². The Kier molecular flexibility index (Phi) is 3.69. The lowest BCUT2D eigenvalue weighted by Crippen LogP contribution is -2.12. The van der Waals surface area contributed by atoms with Crippen molar-refractivity contribution in [1.29, 1.82) is 0 Å². The number of benzene rings is 1. The Bertz CT molecular complexity index is 657. The first-order valence-electron chi connectivity index (χ1n) is 5.80. The van der Waals surface area contributed by atoms with E-state index in [4.69, 9.17) is 0 Å². The molecule has 0 saturated carbocycles. The number of halogens is 6. The standard InChI is InChI=1S/C14H9F6N/c1-8-4-5-21-7-11(8)10-3-2-9(13(15,16)17)6-12(10)14(18,19)20/h2-7H,1H3. The molecule has 0 aliphatic heterocycles. The predicted octanol–water partition coefficient (Wildman–Crippen LogP) is 5.09. The summed E-state index contributed by atoms with van der Waals surface area (Å²) in [7, 11) is 0. The minimum absolute atomic E-state index is 0.127. The van der Waals surface area contributed by atoms with Crippen LogP contribution in [0.15, 0.2) is 36.7 Å². The SMILES string of the molecule is Cc1ccncc1-c1ccc(C(F)(F)F)cc1C(F)(F)F. The number of nitrogens with zero attached hydrogens (tertiary/aromatic N) is 1. The van der Waals surface area contributed by atoms with E-state index in [0.29, 0.717) is 11.6 Å². The van der Waals surface area contributed by atoms with Gasteiger partial charge in [-0.1, -0.05) is 6.07 Å². The number of aromatic nitrogens is 1. The number of rotatable bonds is 1. The second-order valence-corrected chi connectivity index (χ2v) is 4.45. The molecule has 0 fully saturated rings. The summed E-state index contributed by atoms with van der Waals surface area (Å²) < 4.78 is 76.9. The Balaban J connectivity index is 2.70. The van der Waals surface area contributed by atoms with E-state index < -0.39 is 23.5 Å². The van der Waals surface area contributed by atoms with Gasteiger partial charge in [0.15, 0.2) is 0 Å². The van der Waals surface area contributed by atoms with Gasteiger partial charge in [-0.3, -0.25) is 4.98 Å². The lowest BCUT2D eigenvalue weighted by molar-refractivity contribution is -0.142. The molecule has 1 aromatic heterocycles. The van der Waals surface area contributed by atoms with Crippen LogP contribution in [0.1, 0.15) is 16.7 Å². The van der Waals surface area contributed by atoms with Gasteiger partial charge in [0.2, 0.25) is 0 Å². The van der Waals surface area contributed by atoms with E-state index >= 15 is 0 Å². The van der Waals surface area contributed by atoms with Gasteiger partial charge in [0.25, 0.3) is 0 Å². The van der Waals surface area contributed by atoms with Gasteiger partial charge in [0, 0.05) is 18.0 Å². The third kappa shape index (κ3) is 3.17. The fraction of sp³-hybridized carbons (Fsp3) is 0.214. The van der Waals surface area contributed by atoms with Crippen molar-refractivity contribution >= 4 is 0 Å². The Labute approximate surface area is 116 Å². The minimum atomic E-state index is -4.89. The lowest BCUT2D eigenvalue weighted by atomic mass is 9.95. The first kappa shape index (κ1) is 15.3. The van der Waals surface area contributed by atoms with Gasteiger partial charge in [-0.2, -0.15) is 26.3 Å². The van der Waals surface area contributed by atoms with E-state index in [0.717, 1.165) is 6.07 Å². The zero-order valence-corrected chi connectivity index (χ0v) is 10.7. The summed E-state index contributed by atoms with van der Waals surface area (Å²) in [6.45, 7) is 1.56. The van der Waals surface area contributed by atoms with Crippen molar-refractivity contribution in [3.05, 3.63) is 53.3 Å². The largest absolute Gasteiger partial charge is 0.417 e. The van der Waals surface area contributed by atoms with Crippen LogP contribution in [0.25, 0.3) is 11.1 Å². The molecule has 1 heterocycles. The van der Waals surface area contributed by atoms with Crippen LogP contribution in [0.5, 0.6) is 0 Å². The zero-order chi connectivity index (χ0) is 15.8. The summed E-state index contributed by atoms with van der Waals surface area (Å²) in [5.41, 5.74) is -2.33. The quantitative estimate of drug-likeness (QED) is 0.668. The number of alkyl halides is 6. The van der Waals surface area contributed by atoms with Gasteiger partial charge in [0.05, 0.1) is 11.1 Å². The second kappa shape index (κ2) is 5.05. The molecule has 0 spiro atoms. The van der Waals surface area contributed by atoms with Crippen molar-refractivity contribution in [2.75, 3.05) is 0 Å². The van der Waals surface area contributed by atoms with Gasteiger partial charge in [-0.25, -0.2) is 0 Å². The molecule has 2 rings (SSSR count). The molecule has 0 atom stereocenters. The van der Waals surface area contributed by atoms with E-state index in [9.17, 15) is 26.3 Å². The summed E-state index contributed by atoms with van der Waals surface area (Å²) in [4.78, 5) is 3.73. The fourth-order valence-electron chi connectivity index (χ4n) is 1.94. The van der Waals surface area contributed by atoms with Gasteiger partial charge in [-0.15, -0.1) is 0 Å². The summed E-state index contributed by atoms with van der Waals surface area (Å²) in [6.07, 6.45) is -7.12. The Morgan fingerprint density at radius 1 is 0.857 bits per heavy atom. The van der Waals surface area contributed by atoms with E-state index in [-0.39, 0.29) is 17.2 Å². The van der Waals surface area contributed by atoms with Crippen LogP contribution < -0.4 is 0 Å². The lowest BCUT2D eigenvalue weighted by Gasteiger charge is -2.17. The second-order valence-electron chi connectivity index (χ2n) is 4.45. The molecule has 2 aromatic rings. The normalized spacial score (nSPS) is 12.5. The highest BCUT2D eigenvalue weighted by molar-refractivity contribution is 5.70. The van der Waals surface area contributed by atoms with Gasteiger partial charge < -0.3 is 0 Å². The molecular weight excluding hydrogens is 296 g/mol. The molecule has 112 valence electrons. The number of pyridine rings is 1. The monoisotopic (exact) mass is 305 g/mol. The summed E-state index contributed by atoms with van der Waals surface area (Å²) in [5, 5.41) is 0. The first-order valence-corrected chi connectivity index (χ1v) is 5.80. The van der Waals surface area contributed by atoms with E-state index in [1.807, 2.05) is 0 Å². The molecular formula is C14H9F6N. The Morgan fingerprint density at radius 2 is 1.52 bits per heavy atom. The van der Waals surface area contributed by atoms with Crippen LogP contribution in [0.3, 0.4) is 0 Å².